The average molecular weight is 377 g/mol. The molecule has 2 heterocycles. The Bertz CT molecular complexity index is 1120. The fourth-order valence-electron chi connectivity index (χ4n) is 2.91. The second-order valence-corrected chi connectivity index (χ2v) is 7.18. The van der Waals surface area contributed by atoms with Gasteiger partial charge in [-0.1, -0.05) is 18.2 Å². The van der Waals surface area contributed by atoms with Gasteiger partial charge in [-0.3, -0.25) is 9.20 Å². The summed E-state index contributed by atoms with van der Waals surface area (Å²) < 4.78 is 7.47. The van der Waals surface area contributed by atoms with Gasteiger partial charge in [0.05, 0.1) is 12.2 Å². The highest BCUT2D eigenvalue weighted by atomic mass is 32.1. The molecule has 0 saturated carbocycles. The van der Waals surface area contributed by atoms with Crippen LogP contribution in [-0.4, -0.2) is 16.4 Å². The molecule has 6 heteroatoms. The van der Waals surface area contributed by atoms with Gasteiger partial charge < -0.3 is 9.64 Å². The van der Waals surface area contributed by atoms with Crippen molar-refractivity contribution in [3.05, 3.63) is 87.8 Å². The van der Waals surface area contributed by atoms with Crippen LogP contribution < -0.4 is 15.2 Å². The van der Waals surface area contributed by atoms with E-state index in [2.05, 4.69) is 9.88 Å². The number of hydrogen-bond acceptors (Lipinski definition) is 5. The largest absolute Gasteiger partial charge is 0.457 e. The van der Waals surface area contributed by atoms with Gasteiger partial charge in [0.15, 0.2) is 4.96 Å². The molecule has 0 unspecified atom stereocenters. The first-order valence-corrected chi connectivity index (χ1v) is 9.49. The maximum Gasteiger partial charge on any atom is 0.259 e. The van der Waals surface area contributed by atoms with Gasteiger partial charge >= 0.3 is 0 Å². The van der Waals surface area contributed by atoms with Crippen LogP contribution in [0.15, 0.2) is 70.8 Å². The third-order valence-electron chi connectivity index (χ3n) is 4.28. The highest BCUT2D eigenvalue weighted by Crippen LogP contribution is 2.24. The Balaban J connectivity index is 1.50. The van der Waals surface area contributed by atoms with Crippen LogP contribution in [0.25, 0.3) is 4.96 Å². The fraction of sp³-hybridized carbons (Fsp3) is 0.143. The van der Waals surface area contributed by atoms with Crippen molar-refractivity contribution >= 4 is 22.0 Å². The minimum absolute atomic E-state index is 0.0336. The smallest absolute Gasteiger partial charge is 0.259 e. The Kier molecular flexibility index (Phi) is 4.64. The first-order chi connectivity index (χ1) is 13.1. The molecule has 0 aliphatic heterocycles. The summed E-state index contributed by atoms with van der Waals surface area (Å²) in [7, 11) is 1.98. The van der Waals surface area contributed by atoms with Crippen LogP contribution in [-0.2, 0) is 6.54 Å². The molecule has 5 nitrogen and oxygen atoms in total. The van der Waals surface area contributed by atoms with Crippen molar-refractivity contribution in [1.29, 1.82) is 0 Å². The minimum Gasteiger partial charge on any atom is -0.457 e. The minimum atomic E-state index is -0.0336. The summed E-state index contributed by atoms with van der Waals surface area (Å²) in [6.07, 6.45) is 0. The van der Waals surface area contributed by atoms with E-state index >= 15 is 0 Å². The number of aryl methyl sites for hydroxylation is 1. The normalized spacial score (nSPS) is 10.9. The summed E-state index contributed by atoms with van der Waals surface area (Å²) in [5.74, 6) is 1.59. The lowest BCUT2D eigenvalue weighted by atomic mass is 10.2. The van der Waals surface area contributed by atoms with E-state index in [0.717, 1.165) is 33.5 Å². The molecule has 2 aromatic carbocycles. The standard InChI is InChI=1S/C21H19N3O2S/c1-15-14-27-21-22-16(12-20(25)24(15)21)13-23(2)17-8-10-19(11-9-17)26-18-6-4-3-5-7-18/h3-12,14H,13H2,1-2H3. The third kappa shape index (κ3) is 3.71. The number of benzene rings is 2. The van der Waals surface area contributed by atoms with Crippen molar-refractivity contribution in [3.8, 4) is 11.5 Å². The number of fused-ring (bicyclic) bond motifs is 1. The van der Waals surface area contributed by atoms with E-state index in [-0.39, 0.29) is 5.56 Å². The quantitative estimate of drug-likeness (QED) is 0.514. The monoisotopic (exact) mass is 377 g/mol. The maximum absolute atomic E-state index is 12.3. The molecule has 0 bridgehead atoms. The molecule has 0 N–H and O–H groups in total. The van der Waals surface area contributed by atoms with E-state index in [9.17, 15) is 4.79 Å². The first kappa shape index (κ1) is 17.3. The topological polar surface area (TPSA) is 46.8 Å². The van der Waals surface area contributed by atoms with Crippen molar-refractivity contribution in [2.45, 2.75) is 13.5 Å². The van der Waals surface area contributed by atoms with Crippen molar-refractivity contribution < 1.29 is 4.74 Å². The molecule has 4 aromatic rings. The number of hydrogen-bond donors (Lipinski definition) is 0. The highest BCUT2D eigenvalue weighted by molar-refractivity contribution is 7.15. The highest BCUT2D eigenvalue weighted by Gasteiger charge is 2.09. The van der Waals surface area contributed by atoms with Crippen LogP contribution in [0, 0.1) is 6.92 Å². The molecule has 136 valence electrons. The molecule has 0 radical (unpaired) electrons. The number of para-hydroxylation sites is 1. The van der Waals surface area contributed by atoms with E-state index in [4.69, 9.17) is 4.74 Å². The average Bonchev–Trinajstić information content (AvgIpc) is 3.04. The van der Waals surface area contributed by atoms with E-state index in [1.807, 2.05) is 73.9 Å². The molecule has 0 fully saturated rings. The number of rotatable bonds is 5. The van der Waals surface area contributed by atoms with Gasteiger partial charge in [-0.2, -0.15) is 0 Å². The summed E-state index contributed by atoms with van der Waals surface area (Å²) >= 11 is 1.48. The molecule has 27 heavy (non-hydrogen) atoms. The van der Waals surface area contributed by atoms with Gasteiger partial charge in [-0.15, -0.1) is 11.3 Å². The Morgan fingerprint density at radius 3 is 2.52 bits per heavy atom. The van der Waals surface area contributed by atoms with E-state index < -0.39 is 0 Å². The zero-order chi connectivity index (χ0) is 18.8. The molecule has 0 atom stereocenters. The summed E-state index contributed by atoms with van der Waals surface area (Å²) in [6, 6.07) is 19.2. The number of nitrogens with zero attached hydrogens (tertiary/aromatic N) is 3. The molecule has 0 amide bonds. The summed E-state index contributed by atoms with van der Waals surface area (Å²) in [4.78, 5) is 19.7. The fourth-order valence-corrected chi connectivity index (χ4v) is 3.80. The lowest BCUT2D eigenvalue weighted by Crippen LogP contribution is -2.21. The van der Waals surface area contributed by atoms with Crippen LogP contribution in [0.1, 0.15) is 11.4 Å². The first-order valence-electron chi connectivity index (χ1n) is 8.61. The van der Waals surface area contributed by atoms with Gasteiger partial charge in [-0.05, 0) is 43.3 Å². The SMILES string of the molecule is Cc1csc2nc(CN(C)c3ccc(Oc4ccccc4)cc3)cc(=O)n12. The summed E-state index contributed by atoms with van der Waals surface area (Å²) in [5, 5.41) is 1.95. The van der Waals surface area contributed by atoms with Gasteiger partial charge in [-0.25, -0.2) is 4.98 Å². The lowest BCUT2D eigenvalue weighted by Gasteiger charge is -2.19. The van der Waals surface area contributed by atoms with Crippen LogP contribution >= 0.6 is 11.3 Å². The van der Waals surface area contributed by atoms with Crippen molar-refractivity contribution in [3.63, 3.8) is 0 Å². The Morgan fingerprint density at radius 2 is 1.78 bits per heavy atom. The van der Waals surface area contributed by atoms with Crippen molar-refractivity contribution in [2.75, 3.05) is 11.9 Å². The Hall–Kier alpha value is -3.12. The number of aromatic nitrogens is 2. The maximum atomic E-state index is 12.3. The van der Waals surface area contributed by atoms with Crippen molar-refractivity contribution in [1.82, 2.24) is 9.38 Å². The van der Waals surface area contributed by atoms with E-state index in [0.29, 0.717) is 6.54 Å². The molecule has 0 aliphatic carbocycles. The van der Waals surface area contributed by atoms with E-state index in [1.54, 1.807) is 10.5 Å². The molecule has 4 rings (SSSR count). The molecule has 0 saturated heterocycles. The van der Waals surface area contributed by atoms with Crippen LogP contribution in [0.3, 0.4) is 0 Å². The molecular formula is C21H19N3O2S. The molecular weight excluding hydrogens is 358 g/mol. The predicted molar refractivity (Wildman–Crippen MR) is 109 cm³/mol. The van der Waals surface area contributed by atoms with Crippen LogP contribution in [0.5, 0.6) is 11.5 Å². The molecule has 0 spiro atoms. The molecule has 0 aliphatic rings. The zero-order valence-corrected chi connectivity index (χ0v) is 15.9. The van der Waals surface area contributed by atoms with Crippen molar-refractivity contribution in [2.24, 2.45) is 0 Å². The van der Waals surface area contributed by atoms with E-state index in [1.165, 1.54) is 11.3 Å². The zero-order valence-electron chi connectivity index (χ0n) is 15.1. The molecule has 2 aromatic heterocycles. The number of anilines is 1. The van der Waals surface area contributed by atoms with Gasteiger partial charge in [0.2, 0.25) is 0 Å². The van der Waals surface area contributed by atoms with Crippen LogP contribution in [0.2, 0.25) is 0 Å². The predicted octanol–water partition coefficient (Wildman–Crippen LogP) is 4.49. The lowest BCUT2D eigenvalue weighted by molar-refractivity contribution is 0.482. The summed E-state index contributed by atoms with van der Waals surface area (Å²) in [6.45, 7) is 2.47. The Labute approximate surface area is 161 Å². The summed E-state index contributed by atoms with van der Waals surface area (Å²) in [5.41, 5.74) is 2.67. The van der Waals surface area contributed by atoms with Gasteiger partial charge in [0, 0.05) is 29.9 Å². The number of thiazole rings is 1. The second-order valence-electron chi connectivity index (χ2n) is 6.35. The Morgan fingerprint density at radius 1 is 1.07 bits per heavy atom. The third-order valence-corrected chi connectivity index (χ3v) is 5.23. The van der Waals surface area contributed by atoms with Crippen LogP contribution in [0.4, 0.5) is 5.69 Å². The van der Waals surface area contributed by atoms with Gasteiger partial charge in [0.1, 0.15) is 11.5 Å². The van der Waals surface area contributed by atoms with Gasteiger partial charge in [0.25, 0.3) is 5.56 Å². The number of ether oxygens (including phenoxy) is 1. The second kappa shape index (κ2) is 7.25.